The highest BCUT2D eigenvalue weighted by Crippen LogP contribution is 2.40. The quantitative estimate of drug-likeness (QED) is 0.814. The zero-order chi connectivity index (χ0) is 16.5. The summed E-state index contributed by atoms with van der Waals surface area (Å²) in [6.45, 7) is 9.93. The Morgan fingerprint density at radius 3 is 1.95 bits per heavy atom. The topological polar surface area (TPSA) is 64.6 Å². The molecule has 1 aliphatic rings. The third kappa shape index (κ3) is 5.17. The van der Waals surface area contributed by atoms with Crippen LogP contribution in [0, 0.1) is 5.92 Å². The second-order valence-electron chi connectivity index (χ2n) is 7.64. The minimum absolute atomic E-state index is 0.229. The van der Waals surface area contributed by atoms with Crippen LogP contribution in [-0.2, 0) is 14.3 Å². The van der Waals surface area contributed by atoms with Gasteiger partial charge >= 0.3 is 12.1 Å². The molecule has 1 aliphatic carbocycles. The van der Waals surface area contributed by atoms with Crippen LogP contribution in [-0.4, -0.2) is 35.5 Å². The number of alkyl halides is 1. The number of carbonyl (C=O) groups excluding carboxylic acids is 2. The van der Waals surface area contributed by atoms with Crippen molar-refractivity contribution >= 4 is 12.1 Å². The smallest absolute Gasteiger partial charge is 0.408 e. The van der Waals surface area contributed by atoms with Crippen molar-refractivity contribution in [2.24, 2.45) is 5.92 Å². The normalized spacial score (nSPS) is 25.8. The predicted octanol–water partition coefficient (Wildman–Crippen LogP) is 2.97. The number of amides is 1. The summed E-state index contributed by atoms with van der Waals surface area (Å²) >= 11 is 0. The van der Waals surface area contributed by atoms with E-state index >= 15 is 0 Å². The molecule has 1 amide bonds. The molecule has 0 unspecified atom stereocenters. The molecular formula is C15H26FNO4. The molecule has 0 aromatic carbocycles. The summed E-state index contributed by atoms with van der Waals surface area (Å²) in [5.41, 5.74) is -2.50. The predicted molar refractivity (Wildman–Crippen MR) is 76.6 cm³/mol. The van der Waals surface area contributed by atoms with E-state index in [9.17, 15) is 14.0 Å². The van der Waals surface area contributed by atoms with Crippen molar-refractivity contribution < 1.29 is 23.5 Å². The Kier molecular flexibility index (Phi) is 4.90. The Morgan fingerprint density at radius 1 is 1.10 bits per heavy atom. The Bertz CT molecular complexity index is 403. The highest BCUT2D eigenvalue weighted by molar-refractivity contribution is 5.87. The van der Waals surface area contributed by atoms with Gasteiger partial charge in [0.15, 0.2) is 0 Å². The number of nitrogens with one attached hydrogen (secondary N) is 1. The molecule has 1 rings (SSSR count). The minimum atomic E-state index is -1.17. The average molecular weight is 302 g/mol. The molecule has 0 aromatic heterocycles. The molecule has 21 heavy (non-hydrogen) atoms. The average Bonchev–Trinajstić information content (AvgIpc) is 2.17. The van der Waals surface area contributed by atoms with Gasteiger partial charge in [0.2, 0.25) is 0 Å². The SMILES string of the molecule is CC(C)(C)OC(=O)NC1(C(=O)OC(C)(C)C)CC(C[18F])C1. The summed E-state index contributed by atoms with van der Waals surface area (Å²) in [6.07, 6.45) is -0.222. The van der Waals surface area contributed by atoms with E-state index in [0.717, 1.165) is 0 Å². The van der Waals surface area contributed by atoms with E-state index < -0.39 is 35.5 Å². The second kappa shape index (κ2) is 5.81. The summed E-state index contributed by atoms with van der Waals surface area (Å²) in [7, 11) is 0. The molecule has 0 spiro atoms. The fourth-order valence-corrected chi connectivity index (χ4v) is 2.23. The minimum Gasteiger partial charge on any atom is -0.458 e. The first-order valence-corrected chi connectivity index (χ1v) is 7.17. The Hall–Kier alpha value is -1.33. The van der Waals surface area contributed by atoms with Crippen molar-refractivity contribution in [1.82, 2.24) is 5.32 Å². The van der Waals surface area contributed by atoms with E-state index in [0.29, 0.717) is 0 Å². The molecule has 0 atom stereocenters. The molecule has 122 valence electrons. The van der Waals surface area contributed by atoms with Gasteiger partial charge in [0.1, 0.15) is 16.7 Å². The lowest BCUT2D eigenvalue weighted by Gasteiger charge is -2.45. The van der Waals surface area contributed by atoms with Gasteiger partial charge in [0.05, 0.1) is 6.67 Å². The molecule has 0 aromatic rings. The van der Waals surface area contributed by atoms with Crippen molar-refractivity contribution in [3.05, 3.63) is 0 Å². The van der Waals surface area contributed by atoms with Crippen molar-refractivity contribution in [2.75, 3.05) is 6.67 Å². The summed E-state index contributed by atoms with van der Waals surface area (Å²) < 4.78 is 23.2. The summed E-state index contributed by atoms with van der Waals surface area (Å²) in [6, 6.07) is 0. The number of alkyl carbamates (subject to hydrolysis) is 1. The monoisotopic (exact) mass is 302 g/mol. The molecule has 1 saturated carbocycles. The van der Waals surface area contributed by atoms with Crippen LogP contribution in [0.25, 0.3) is 0 Å². The Balaban J connectivity index is 2.77. The van der Waals surface area contributed by atoms with Gasteiger partial charge in [-0.05, 0) is 60.3 Å². The third-order valence-corrected chi connectivity index (χ3v) is 3.02. The van der Waals surface area contributed by atoms with Gasteiger partial charge in [0.25, 0.3) is 0 Å². The summed E-state index contributed by atoms with van der Waals surface area (Å²) in [4.78, 5) is 24.2. The molecular weight excluding hydrogens is 276 g/mol. The third-order valence-electron chi connectivity index (χ3n) is 3.02. The maximum atomic E-state index is 12.7. The maximum Gasteiger partial charge on any atom is 0.408 e. The van der Waals surface area contributed by atoms with Crippen LogP contribution in [0.4, 0.5) is 9.18 Å². The lowest BCUT2D eigenvalue weighted by molar-refractivity contribution is -0.170. The van der Waals surface area contributed by atoms with Crippen molar-refractivity contribution in [2.45, 2.75) is 71.1 Å². The molecule has 1 fully saturated rings. The molecule has 0 radical (unpaired) electrons. The second-order valence-corrected chi connectivity index (χ2v) is 7.64. The van der Waals surface area contributed by atoms with E-state index in [2.05, 4.69) is 5.32 Å². The van der Waals surface area contributed by atoms with Gasteiger partial charge in [-0.2, -0.15) is 0 Å². The number of rotatable bonds is 3. The van der Waals surface area contributed by atoms with Gasteiger partial charge in [-0.3, -0.25) is 4.39 Å². The van der Waals surface area contributed by atoms with Crippen LogP contribution in [0.1, 0.15) is 54.4 Å². The number of ether oxygens (including phenoxy) is 2. The molecule has 0 heterocycles. The molecule has 6 heteroatoms. The zero-order valence-corrected chi connectivity index (χ0v) is 13.7. The molecule has 1 N–H and O–H groups in total. The largest absolute Gasteiger partial charge is 0.458 e. The van der Waals surface area contributed by atoms with Crippen LogP contribution >= 0.6 is 0 Å². The highest BCUT2D eigenvalue weighted by atomic mass is 18.2. The van der Waals surface area contributed by atoms with Crippen LogP contribution in [0.2, 0.25) is 0 Å². The maximum absolute atomic E-state index is 12.7. The summed E-state index contributed by atoms with van der Waals surface area (Å²) in [5, 5.41) is 2.57. The number of hydrogen-bond donors (Lipinski definition) is 1. The van der Waals surface area contributed by atoms with Crippen molar-refractivity contribution in [3.8, 4) is 0 Å². The van der Waals surface area contributed by atoms with E-state index in [1.165, 1.54) is 0 Å². The fraction of sp³-hybridized carbons (Fsp3) is 0.867. The first kappa shape index (κ1) is 17.7. The number of carbonyl (C=O) groups is 2. The lowest BCUT2D eigenvalue weighted by atomic mass is 9.68. The molecule has 5 nitrogen and oxygen atoms in total. The first-order chi connectivity index (χ1) is 9.37. The Labute approximate surface area is 125 Å². The molecule has 0 aliphatic heterocycles. The molecule has 0 bridgehead atoms. The van der Waals surface area contributed by atoms with Crippen LogP contribution < -0.4 is 5.32 Å². The van der Waals surface area contributed by atoms with Gasteiger partial charge < -0.3 is 14.8 Å². The van der Waals surface area contributed by atoms with Crippen LogP contribution in [0.3, 0.4) is 0 Å². The van der Waals surface area contributed by atoms with Gasteiger partial charge in [0, 0.05) is 0 Å². The van der Waals surface area contributed by atoms with Crippen LogP contribution in [0.5, 0.6) is 0 Å². The zero-order valence-electron chi connectivity index (χ0n) is 13.7. The number of halogens is 1. The number of hydrogen-bond acceptors (Lipinski definition) is 4. The van der Waals surface area contributed by atoms with Gasteiger partial charge in [-0.25, -0.2) is 9.59 Å². The van der Waals surface area contributed by atoms with Crippen LogP contribution in [0.15, 0.2) is 0 Å². The van der Waals surface area contributed by atoms with Gasteiger partial charge in [-0.1, -0.05) is 0 Å². The van der Waals surface area contributed by atoms with E-state index in [4.69, 9.17) is 9.47 Å². The van der Waals surface area contributed by atoms with Gasteiger partial charge in [-0.15, -0.1) is 0 Å². The van der Waals surface area contributed by atoms with Crippen molar-refractivity contribution in [3.63, 3.8) is 0 Å². The highest BCUT2D eigenvalue weighted by Gasteiger charge is 2.53. The van der Waals surface area contributed by atoms with E-state index in [1.807, 2.05) is 0 Å². The lowest BCUT2D eigenvalue weighted by Crippen LogP contribution is -2.64. The fourth-order valence-electron chi connectivity index (χ4n) is 2.23. The standard InChI is InChI=1S/C15H26FNO4/c1-13(2,3)20-11(18)15(7-10(8-15)9-16)17-12(19)21-14(4,5)6/h10H,7-9H2,1-6H3,(H,17,19)/i16-1. The summed E-state index contributed by atoms with van der Waals surface area (Å²) in [5.74, 6) is -0.766. The van der Waals surface area contributed by atoms with E-state index in [1.54, 1.807) is 41.5 Å². The number of esters is 1. The van der Waals surface area contributed by atoms with E-state index in [-0.39, 0.29) is 18.8 Å². The first-order valence-electron chi connectivity index (χ1n) is 7.17. The van der Waals surface area contributed by atoms with Crippen molar-refractivity contribution in [1.29, 1.82) is 0 Å². The Morgan fingerprint density at radius 2 is 1.57 bits per heavy atom. The molecule has 0 saturated heterocycles.